The number of hydrogen-bond acceptors (Lipinski definition) is 5. The lowest BCUT2D eigenvalue weighted by molar-refractivity contribution is 0.00720. The van der Waals surface area contributed by atoms with E-state index in [2.05, 4.69) is 9.72 Å². The summed E-state index contributed by atoms with van der Waals surface area (Å²) >= 11 is 0. The molecule has 0 aliphatic carbocycles. The van der Waals surface area contributed by atoms with Gasteiger partial charge >= 0.3 is 5.97 Å². The molecular formula is C18H16F3NO4. The molecule has 1 saturated heterocycles. The Morgan fingerprint density at radius 3 is 2.54 bits per heavy atom. The number of esters is 1. The standard InChI is InChI=1S/C18H16F3NO4/c1-24-18(23)15-5-4-12(19)17(22-15)16-13(20)7-11(8-14(16)21)26-10-3-2-6-25-9-10/h4-5,7-8,10H,2-3,6,9H2,1H3/t10-/m0/s1. The zero-order valence-electron chi connectivity index (χ0n) is 13.9. The number of ether oxygens (including phenoxy) is 3. The Labute approximate surface area is 147 Å². The largest absolute Gasteiger partial charge is 0.488 e. The average Bonchev–Trinajstić information content (AvgIpc) is 2.63. The number of halogens is 3. The minimum absolute atomic E-state index is 0.0243. The van der Waals surface area contributed by atoms with E-state index < -0.39 is 34.7 Å². The van der Waals surface area contributed by atoms with E-state index in [1.54, 1.807) is 0 Å². The summed E-state index contributed by atoms with van der Waals surface area (Å²) in [5, 5.41) is 0. The number of carbonyl (C=O) groups excluding carboxylic acids is 1. The highest BCUT2D eigenvalue weighted by molar-refractivity contribution is 5.87. The van der Waals surface area contributed by atoms with E-state index in [1.165, 1.54) is 0 Å². The molecule has 0 amide bonds. The SMILES string of the molecule is COC(=O)c1ccc(F)c(-c2c(F)cc(O[C@H]3CCCOC3)cc2F)n1. The number of rotatable bonds is 4. The topological polar surface area (TPSA) is 57.7 Å². The highest BCUT2D eigenvalue weighted by atomic mass is 19.1. The molecule has 1 aliphatic rings. The Hall–Kier alpha value is -2.61. The molecule has 8 heteroatoms. The first-order valence-corrected chi connectivity index (χ1v) is 7.98. The van der Waals surface area contributed by atoms with Crippen molar-refractivity contribution in [1.29, 1.82) is 0 Å². The van der Waals surface area contributed by atoms with Gasteiger partial charge < -0.3 is 14.2 Å². The number of pyridine rings is 1. The molecule has 0 unspecified atom stereocenters. The summed E-state index contributed by atoms with van der Waals surface area (Å²) in [6, 6.07) is 3.89. The number of carbonyl (C=O) groups is 1. The van der Waals surface area contributed by atoms with E-state index in [1.807, 2.05) is 0 Å². The van der Waals surface area contributed by atoms with Gasteiger partial charge in [-0.3, -0.25) is 0 Å². The first-order chi connectivity index (χ1) is 12.5. The van der Waals surface area contributed by atoms with Crippen molar-refractivity contribution in [1.82, 2.24) is 4.98 Å². The van der Waals surface area contributed by atoms with Crippen LogP contribution in [-0.4, -0.2) is 37.4 Å². The van der Waals surface area contributed by atoms with Crippen molar-refractivity contribution in [3.05, 3.63) is 47.4 Å². The van der Waals surface area contributed by atoms with E-state index >= 15 is 0 Å². The van der Waals surface area contributed by atoms with Crippen LogP contribution >= 0.6 is 0 Å². The van der Waals surface area contributed by atoms with Crippen molar-refractivity contribution in [3.63, 3.8) is 0 Å². The molecule has 0 spiro atoms. The Balaban J connectivity index is 1.94. The molecule has 2 aromatic rings. The van der Waals surface area contributed by atoms with Gasteiger partial charge in [0.2, 0.25) is 0 Å². The molecule has 138 valence electrons. The molecule has 1 atom stereocenters. The molecule has 5 nitrogen and oxygen atoms in total. The van der Waals surface area contributed by atoms with Crippen LogP contribution in [0.4, 0.5) is 13.2 Å². The summed E-state index contributed by atoms with van der Waals surface area (Å²) in [7, 11) is 1.12. The number of aromatic nitrogens is 1. The molecule has 1 aromatic carbocycles. The molecule has 26 heavy (non-hydrogen) atoms. The van der Waals surface area contributed by atoms with Crippen LogP contribution in [0.2, 0.25) is 0 Å². The lowest BCUT2D eigenvalue weighted by Gasteiger charge is -2.23. The number of benzene rings is 1. The molecule has 3 rings (SSSR count). The normalized spacial score (nSPS) is 17.0. The summed E-state index contributed by atoms with van der Waals surface area (Å²) in [6.07, 6.45) is 1.21. The van der Waals surface area contributed by atoms with E-state index in [9.17, 15) is 18.0 Å². The fourth-order valence-corrected chi connectivity index (χ4v) is 2.68. The first kappa shape index (κ1) is 18.2. The van der Waals surface area contributed by atoms with Gasteiger partial charge in [0.05, 0.1) is 19.3 Å². The van der Waals surface area contributed by atoms with Gasteiger partial charge in [0, 0.05) is 18.7 Å². The van der Waals surface area contributed by atoms with Crippen LogP contribution in [0, 0.1) is 17.5 Å². The highest BCUT2D eigenvalue weighted by Crippen LogP contribution is 2.31. The van der Waals surface area contributed by atoms with E-state index in [0.717, 1.165) is 37.8 Å². The predicted molar refractivity (Wildman–Crippen MR) is 85.4 cm³/mol. The summed E-state index contributed by atoms with van der Waals surface area (Å²) in [4.78, 5) is 15.2. The molecule has 0 radical (unpaired) electrons. The summed E-state index contributed by atoms with van der Waals surface area (Å²) in [5.41, 5.74) is -1.56. The fourth-order valence-electron chi connectivity index (χ4n) is 2.68. The third-order valence-electron chi connectivity index (χ3n) is 3.91. The summed E-state index contributed by atoms with van der Waals surface area (Å²) < 4.78 is 58.3. The van der Waals surface area contributed by atoms with Gasteiger partial charge in [-0.15, -0.1) is 0 Å². The average molecular weight is 367 g/mol. The second-order valence-corrected chi connectivity index (χ2v) is 5.74. The third kappa shape index (κ3) is 3.80. The second-order valence-electron chi connectivity index (χ2n) is 5.74. The van der Waals surface area contributed by atoms with Crippen molar-refractivity contribution in [2.45, 2.75) is 18.9 Å². The smallest absolute Gasteiger partial charge is 0.356 e. The van der Waals surface area contributed by atoms with Crippen molar-refractivity contribution < 1.29 is 32.2 Å². The van der Waals surface area contributed by atoms with Crippen molar-refractivity contribution in [2.24, 2.45) is 0 Å². The Morgan fingerprint density at radius 1 is 1.19 bits per heavy atom. The van der Waals surface area contributed by atoms with Crippen molar-refractivity contribution in [2.75, 3.05) is 20.3 Å². The zero-order valence-corrected chi connectivity index (χ0v) is 13.9. The minimum Gasteiger partial charge on any atom is -0.488 e. The monoisotopic (exact) mass is 367 g/mol. The molecular weight excluding hydrogens is 351 g/mol. The fraction of sp³-hybridized carbons (Fsp3) is 0.333. The van der Waals surface area contributed by atoms with Gasteiger partial charge in [0.1, 0.15) is 40.7 Å². The summed E-state index contributed by atoms with van der Waals surface area (Å²) in [5.74, 6) is -3.94. The van der Waals surface area contributed by atoms with Gasteiger partial charge in [0.15, 0.2) is 0 Å². The molecule has 0 saturated carbocycles. The van der Waals surface area contributed by atoms with Crippen molar-refractivity contribution in [3.8, 4) is 17.0 Å². The van der Waals surface area contributed by atoms with Gasteiger partial charge in [-0.1, -0.05) is 0 Å². The van der Waals surface area contributed by atoms with Crippen LogP contribution in [-0.2, 0) is 9.47 Å². The van der Waals surface area contributed by atoms with E-state index in [0.29, 0.717) is 19.6 Å². The molecule has 1 fully saturated rings. The number of methoxy groups -OCH3 is 1. The maximum Gasteiger partial charge on any atom is 0.356 e. The van der Waals surface area contributed by atoms with Gasteiger partial charge in [0.25, 0.3) is 0 Å². The predicted octanol–water partition coefficient (Wildman–Crippen LogP) is 3.51. The molecule has 0 bridgehead atoms. The Kier molecular flexibility index (Phi) is 5.41. The maximum atomic E-state index is 14.5. The first-order valence-electron chi connectivity index (χ1n) is 7.98. The van der Waals surface area contributed by atoms with Gasteiger partial charge in [-0.05, 0) is 25.0 Å². The van der Waals surface area contributed by atoms with E-state index in [4.69, 9.17) is 9.47 Å². The van der Waals surface area contributed by atoms with Crippen LogP contribution in [0.1, 0.15) is 23.3 Å². The maximum absolute atomic E-state index is 14.5. The molecule has 2 heterocycles. The van der Waals surface area contributed by atoms with Crippen molar-refractivity contribution >= 4 is 5.97 Å². The highest BCUT2D eigenvalue weighted by Gasteiger charge is 2.22. The minimum atomic E-state index is -1.05. The van der Waals surface area contributed by atoms with Crippen LogP contribution < -0.4 is 4.74 Å². The van der Waals surface area contributed by atoms with Gasteiger partial charge in [-0.25, -0.2) is 22.9 Å². The quantitative estimate of drug-likeness (QED) is 0.774. The molecule has 1 aromatic heterocycles. The number of hydrogen-bond donors (Lipinski definition) is 0. The van der Waals surface area contributed by atoms with Crippen LogP contribution in [0.3, 0.4) is 0 Å². The summed E-state index contributed by atoms with van der Waals surface area (Å²) in [6.45, 7) is 0.964. The van der Waals surface area contributed by atoms with Gasteiger partial charge in [-0.2, -0.15) is 0 Å². The lowest BCUT2D eigenvalue weighted by atomic mass is 10.1. The Bertz CT molecular complexity index is 799. The molecule has 1 aliphatic heterocycles. The number of nitrogens with zero attached hydrogens (tertiary/aromatic N) is 1. The second kappa shape index (κ2) is 7.74. The lowest BCUT2D eigenvalue weighted by Crippen LogP contribution is -2.28. The van der Waals surface area contributed by atoms with Crippen LogP contribution in [0.15, 0.2) is 24.3 Å². The third-order valence-corrected chi connectivity index (χ3v) is 3.91. The van der Waals surface area contributed by atoms with Crippen LogP contribution in [0.25, 0.3) is 11.3 Å². The Morgan fingerprint density at radius 2 is 1.92 bits per heavy atom. The zero-order chi connectivity index (χ0) is 18.7. The van der Waals surface area contributed by atoms with Crippen LogP contribution in [0.5, 0.6) is 5.75 Å². The molecule has 0 N–H and O–H groups in total. The van der Waals surface area contributed by atoms with E-state index in [-0.39, 0.29) is 17.5 Å².